The Morgan fingerprint density at radius 1 is 1.12 bits per heavy atom. The number of carbonyl (C=O) groups is 3. The van der Waals surface area contributed by atoms with Crippen molar-refractivity contribution in [2.75, 3.05) is 26.2 Å². The number of esters is 1. The number of nitrogens with zero attached hydrogens (tertiary/aromatic N) is 2. The Balaban J connectivity index is 1.42. The highest BCUT2D eigenvalue weighted by Crippen LogP contribution is 2.37. The van der Waals surface area contributed by atoms with Crippen molar-refractivity contribution >= 4 is 17.8 Å². The molecule has 4 rings (SSSR count). The number of aliphatic hydroxyl groups excluding tert-OH is 1. The van der Waals surface area contributed by atoms with E-state index in [0.29, 0.717) is 37.5 Å². The summed E-state index contributed by atoms with van der Waals surface area (Å²) in [6.45, 7) is 13.4. The number of allylic oxidation sites excluding steroid dienone is 2. The maximum Gasteiger partial charge on any atom is 0.410 e. The number of amides is 1. The number of rotatable bonds is 10. The van der Waals surface area contributed by atoms with Crippen LogP contribution < -0.4 is 0 Å². The van der Waals surface area contributed by atoms with Gasteiger partial charge >= 0.3 is 12.1 Å². The molecule has 3 fully saturated rings. The van der Waals surface area contributed by atoms with Crippen molar-refractivity contribution in [1.29, 1.82) is 0 Å². The molecule has 3 heterocycles. The van der Waals surface area contributed by atoms with E-state index in [1.165, 1.54) is 38.5 Å². The first kappa shape index (κ1) is 41.2. The average Bonchev–Trinajstić information content (AvgIpc) is 3.89. The summed E-state index contributed by atoms with van der Waals surface area (Å²) in [6, 6.07) is 0.578. The van der Waals surface area contributed by atoms with Gasteiger partial charge in [0.25, 0.3) is 0 Å². The molecule has 11 heteroatoms. The topological polar surface area (TPSA) is 149 Å². The van der Waals surface area contributed by atoms with Crippen molar-refractivity contribution in [2.24, 2.45) is 11.8 Å². The number of ketones is 1. The number of carbonyl (C=O) groups excluding carboxylic acids is 3. The summed E-state index contributed by atoms with van der Waals surface area (Å²) < 4.78 is 17.6. The Morgan fingerprint density at radius 2 is 1.78 bits per heavy atom. The third-order valence-electron chi connectivity index (χ3n) is 11.3. The molecule has 3 aliphatic heterocycles. The Hall–Kier alpha value is -2.57. The molecular formula is C40H64N2O9. The molecule has 0 aromatic heterocycles. The van der Waals surface area contributed by atoms with Gasteiger partial charge in [0.15, 0.2) is 6.10 Å². The second-order valence-electron chi connectivity index (χ2n) is 16.0. The molecule has 0 aromatic rings. The van der Waals surface area contributed by atoms with Crippen LogP contribution in [0.15, 0.2) is 36.0 Å². The van der Waals surface area contributed by atoms with E-state index < -0.39 is 41.6 Å². The summed E-state index contributed by atoms with van der Waals surface area (Å²) in [5, 5.41) is 33.2. The van der Waals surface area contributed by atoms with E-state index >= 15 is 0 Å². The van der Waals surface area contributed by atoms with Crippen molar-refractivity contribution in [3.63, 3.8) is 0 Å². The van der Waals surface area contributed by atoms with Gasteiger partial charge in [-0.2, -0.15) is 0 Å². The molecule has 288 valence electrons. The lowest BCUT2D eigenvalue weighted by molar-refractivity contribution is -0.151. The second-order valence-corrected chi connectivity index (χ2v) is 16.0. The lowest BCUT2D eigenvalue weighted by Gasteiger charge is -2.40. The molecule has 3 N–H and O–H groups in total. The van der Waals surface area contributed by atoms with Crippen molar-refractivity contribution in [1.82, 2.24) is 9.80 Å². The minimum atomic E-state index is -1.49. The minimum Gasteiger partial charge on any atom is -0.457 e. The SMILES string of the molecule is CCC(=O)[C@@H](C)[C@H]1O[C@@H]1C[C@@](C)(O)/C=C/C=C(\C)[C@H]1OC(=O)C[C@H](O)CC[C@@](C)(O)[C@@H](OC(=O)N2CCN(C3CCCCCC3)CC2)/C=C/[C@@H]1C. The van der Waals surface area contributed by atoms with Gasteiger partial charge in [0, 0.05) is 56.9 Å². The molecule has 1 saturated carbocycles. The zero-order chi connectivity index (χ0) is 37.3. The fourth-order valence-corrected chi connectivity index (χ4v) is 7.77. The van der Waals surface area contributed by atoms with E-state index in [1.807, 2.05) is 27.7 Å². The third-order valence-corrected chi connectivity index (χ3v) is 11.3. The summed E-state index contributed by atoms with van der Waals surface area (Å²) in [6.07, 6.45) is 13.4. The summed E-state index contributed by atoms with van der Waals surface area (Å²) in [5.74, 6) is -1.00. The summed E-state index contributed by atoms with van der Waals surface area (Å²) >= 11 is 0. The number of Topliss-reactive ketones (excluding diaryl/α,β-unsaturated/α-hetero) is 1. The van der Waals surface area contributed by atoms with Crippen molar-refractivity contribution in [2.45, 2.75) is 160 Å². The molecule has 1 amide bonds. The first-order valence-electron chi connectivity index (χ1n) is 19.3. The van der Waals surface area contributed by atoms with Crippen LogP contribution in [0.1, 0.15) is 112 Å². The third kappa shape index (κ3) is 12.2. The van der Waals surface area contributed by atoms with Crippen LogP contribution in [-0.2, 0) is 23.8 Å². The molecule has 11 nitrogen and oxygen atoms in total. The van der Waals surface area contributed by atoms with E-state index in [9.17, 15) is 29.7 Å². The fraction of sp³-hybridized carbons (Fsp3) is 0.775. The molecule has 9 atom stereocenters. The number of epoxide rings is 1. The first-order valence-corrected chi connectivity index (χ1v) is 19.3. The summed E-state index contributed by atoms with van der Waals surface area (Å²) in [5.41, 5.74) is -1.97. The number of hydrogen-bond donors (Lipinski definition) is 3. The van der Waals surface area contributed by atoms with Crippen molar-refractivity contribution in [3.05, 3.63) is 36.0 Å². The van der Waals surface area contributed by atoms with E-state index in [2.05, 4.69) is 4.90 Å². The van der Waals surface area contributed by atoms with Gasteiger partial charge in [-0.05, 0) is 58.1 Å². The molecule has 4 aliphatic rings. The van der Waals surface area contributed by atoms with Crippen LogP contribution in [-0.4, -0.2) is 117 Å². The van der Waals surface area contributed by atoms with Crippen LogP contribution in [0.3, 0.4) is 0 Å². The smallest absolute Gasteiger partial charge is 0.410 e. The lowest BCUT2D eigenvalue weighted by Crippen LogP contribution is -2.53. The number of piperazine rings is 1. The minimum absolute atomic E-state index is 0.112. The first-order chi connectivity index (χ1) is 24.1. The number of aliphatic hydroxyl groups is 3. The molecule has 0 radical (unpaired) electrons. The maximum absolute atomic E-state index is 13.5. The molecule has 51 heavy (non-hydrogen) atoms. The fourth-order valence-electron chi connectivity index (χ4n) is 7.77. The number of ether oxygens (including phenoxy) is 3. The number of cyclic esters (lactones) is 1. The standard InChI is InChI=1S/C40H64N2O9/c1-7-32(44)29(4)37-33(49-37)26-39(5,47)19-12-13-27(2)36-28(3)16-17-34(40(6,48)20-18-31(43)25-35(45)51-36)50-38(46)42-23-21-41(22-24-42)30-14-10-8-9-11-15-30/h12-13,16-17,19,28-31,33-34,36-37,43,47-48H,7-11,14-15,18,20-26H2,1-6H3/b17-16+,19-12+,27-13+/t28-,29+,31+,33+,34-,36+,37+,39-,40+/m0/s1. The number of hydrogen-bond acceptors (Lipinski definition) is 10. The van der Waals surface area contributed by atoms with Gasteiger partial charge in [0.1, 0.15) is 17.5 Å². The lowest BCUT2D eigenvalue weighted by atomic mass is 9.88. The van der Waals surface area contributed by atoms with Gasteiger partial charge in [-0.3, -0.25) is 14.5 Å². The van der Waals surface area contributed by atoms with Crippen LogP contribution in [0.2, 0.25) is 0 Å². The molecular weight excluding hydrogens is 652 g/mol. The predicted octanol–water partition coefficient (Wildman–Crippen LogP) is 5.26. The highest BCUT2D eigenvalue weighted by atomic mass is 16.6. The highest BCUT2D eigenvalue weighted by Gasteiger charge is 2.47. The van der Waals surface area contributed by atoms with Crippen LogP contribution in [0, 0.1) is 11.8 Å². The van der Waals surface area contributed by atoms with Gasteiger partial charge in [-0.1, -0.05) is 70.8 Å². The second kappa shape index (κ2) is 18.5. The van der Waals surface area contributed by atoms with E-state index in [-0.39, 0.29) is 49.1 Å². The van der Waals surface area contributed by atoms with E-state index in [4.69, 9.17) is 14.2 Å². The van der Waals surface area contributed by atoms with Crippen molar-refractivity contribution < 1.29 is 43.9 Å². The zero-order valence-electron chi connectivity index (χ0n) is 31.8. The quantitative estimate of drug-likeness (QED) is 0.0899. The summed E-state index contributed by atoms with van der Waals surface area (Å²) in [7, 11) is 0. The van der Waals surface area contributed by atoms with Gasteiger partial charge < -0.3 is 34.4 Å². The van der Waals surface area contributed by atoms with E-state index in [1.54, 1.807) is 49.1 Å². The zero-order valence-corrected chi connectivity index (χ0v) is 31.8. The molecule has 0 bridgehead atoms. The van der Waals surface area contributed by atoms with Crippen LogP contribution in [0.25, 0.3) is 0 Å². The van der Waals surface area contributed by atoms with Gasteiger partial charge in [0.05, 0.1) is 30.3 Å². The Kier molecular flexibility index (Phi) is 14.9. The van der Waals surface area contributed by atoms with Crippen molar-refractivity contribution in [3.8, 4) is 0 Å². The average molecular weight is 717 g/mol. The molecule has 1 aliphatic carbocycles. The monoisotopic (exact) mass is 716 g/mol. The van der Waals surface area contributed by atoms with E-state index in [0.717, 1.165) is 13.1 Å². The van der Waals surface area contributed by atoms with Gasteiger partial charge in [-0.25, -0.2) is 4.79 Å². The highest BCUT2D eigenvalue weighted by molar-refractivity contribution is 5.81. The predicted molar refractivity (Wildman–Crippen MR) is 195 cm³/mol. The normalized spacial score (nSPS) is 34.7. The Morgan fingerprint density at radius 3 is 2.43 bits per heavy atom. The van der Waals surface area contributed by atoms with Crippen LogP contribution >= 0.6 is 0 Å². The van der Waals surface area contributed by atoms with Crippen LogP contribution in [0.4, 0.5) is 4.79 Å². The van der Waals surface area contributed by atoms with Crippen LogP contribution in [0.5, 0.6) is 0 Å². The van der Waals surface area contributed by atoms with Gasteiger partial charge in [-0.15, -0.1) is 0 Å². The van der Waals surface area contributed by atoms with Gasteiger partial charge in [0.2, 0.25) is 0 Å². The maximum atomic E-state index is 13.5. The summed E-state index contributed by atoms with van der Waals surface area (Å²) in [4.78, 5) is 42.6. The molecule has 0 aromatic carbocycles. The largest absolute Gasteiger partial charge is 0.457 e. The molecule has 2 saturated heterocycles. The molecule has 0 unspecified atom stereocenters. The Bertz CT molecular complexity index is 1260. The molecule has 0 spiro atoms. The Labute approximate surface area is 305 Å².